The van der Waals surface area contributed by atoms with Gasteiger partial charge in [-0.25, -0.2) is 4.79 Å². The van der Waals surface area contributed by atoms with Crippen LogP contribution >= 0.6 is 0 Å². The summed E-state index contributed by atoms with van der Waals surface area (Å²) in [6.07, 6.45) is 1.54. The van der Waals surface area contributed by atoms with Crippen molar-refractivity contribution in [2.24, 2.45) is 5.73 Å². The summed E-state index contributed by atoms with van der Waals surface area (Å²) in [7, 11) is 0. The number of carbonyl (C=O) groups excluding carboxylic acids is 1. The zero-order chi connectivity index (χ0) is 12.9. The van der Waals surface area contributed by atoms with Crippen LogP contribution in [-0.4, -0.2) is 48.8 Å². The Morgan fingerprint density at radius 1 is 1.41 bits per heavy atom. The topological polar surface area (TPSA) is 67.6 Å². The van der Waals surface area contributed by atoms with Crippen LogP contribution in [0.2, 0.25) is 0 Å². The molecule has 0 atom stereocenters. The quantitative estimate of drug-likeness (QED) is 0.774. The van der Waals surface area contributed by atoms with Crippen molar-refractivity contribution in [3.05, 3.63) is 0 Å². The van der Waals surface area contributed by atoms with E-state index in [9.17, 15) is 4.79 Å². The first-order valence-corrected chi connectivity index (χ1v) is 6.32. The molecule has 1 rings (SSSR count). The Morgan fingerprint density at radius 3 is 2.47 bits per heavy atom. The van der Waals surface area contributed by atoms with Crippen LogP contribution < -0.4 is 11.1 Å². The third-order valence-electron chi connectivity index (χ3n) is 2.73. The maximum absolute atomic E-state index is 11.6. The molecule has 0 unspecified atom stereocenters. The van der Waals surface area contributed by atoms with Crippen LogP contribution in [0.15, 0.2) is 0 Å². The van der Waals surface area contributed by atoms with Crippen molar-refractivity contribution >= 4 is 6.09 Å². The lowest BCUT2D eigenvalue weighted by molar-refractivity contribution is 0.0480. The Labute approximate surface area is 104 Å². The van der Waals surface area contributed by atoms with E-state index < -0.39 is 0 Å². The Morgan fingerprint density at radius 2 is 2.00 bits per heavy atom. The number of carbonyl (C=O) groups is 1. The van der Waals surface area contributed by atoms with Crippen LogP contribution in [0.25, 0.3) is 0 Å². The van der Waals surface area contributed by atoms with Gasteiger partial charge in [0.25, 0.3) is 0 Å². The summed E-state index contributed by atoms with van der Waals surface area (Å²) in [5.41, 5.74) is 5.27. The Kier molecular flexibility index (Phi) is 5.21. The van der Waals surface area contributed by atoms with Gasteiger partial charge in [0.15, 0.2) is 0 Å². The average Bonchev–Trinajstić information content (AvgIpc) is 2.18. The summed E-state index contributed by atoms with van der Waals surface area (Å²) in [6, 6.07) is 0. The third kappa shape index (κ3) is 5.89. The van der Waals surface area contributed by atoms with Gasteiger partial charge in [0.1, 0.15) is 6.10 Å². The van der Waals surface area contributed by atoms with Gasteiger partial charge in [0.2, 0.25) is 0 Å². The van der Waals surface area contributed by atoms with Crippen molar-refractivity contribution in [2.45, 2.75) is 45.3 Å². The minimum Gasteiger partial charge on any atom is -0.446 e. The molecule has 1 aliphatic heterocycles. The summed E-state index contributed by atoms with van der Waals surface area (Å²) >= 11 is 0. The molecule has 100 valence electrons. The second-order valence-corrected chi connectivity index (χ2v) is 5.61. The molecule has 17 heavy (non-hydrogen) atoms. The number of alkyl carbamates (subject to hydrolysis) is 1. The monoisotopic (exact) mass is 243 g/mol. The van der Waals surface area contributed by atoms with E-state index in [4.69, 9.17) is 10.5 Å². The SMILES string of the molecule is CC(C)(C)NC(=O)OC1CCN(CCN)CC1. The van der Waals surface area contributed by atoms with Gasteiger partial charge < -0.3 is 20.7 Å². The van der Waals surface area contributed by atoms with E-state index in [-0.39, 0.29) is 17.7 Å². The highest BCUT2D eigenvalue weighted by atomic mass is 16.6. The minimum absolute atomic E-state index is 0.0476. The molecule has 3 N–H and O–H groups in total. The van der Waals surface area contributed by atoms with E-state index in [2.05, 4.69) is 10.2 Å². The minimum atomic E-state index is -0.310. The fourth-order valence-corrected chi connectivity index (χ4v) is 1.92. The zero-order valence-electron chi connectivity index (χ0n) is 11.2. The molecule has 0 spiro atoms. The normalized spacial score (nSPS) is 19.1. The molecule has 0 bridgehead atoms. The molecule has 5 nitrogen and oxygen atoms in total. The number of nitrogens with one attached hydrogen (secondary N) is 1. The maximum atomic E-state index is 11.6. The molecule has 0 saturated carbocycles. The highest BCUT2D eigenvalue weighted by molar-refractivity contribution is 5.68. The van der Waals surface area contributed by atoms with E-state index in [0.717, 1.165) is 32.5 Å². The molecule has 1 heterocycles. The fourth-order valence-electron chi connectivity index (χ4n) is 1.92. The van der Waals surface area contributed by atoms with E-state index in [0.29, 0.717) is 6.54 Å². The van der Waals surface area contributed by atoms with Crippen LogP contribution in [0.3, 0.4) is 0 Å². The van der Waals surface area contributed by atoms with Gasteiger partial charge >= 0.3 is 6.09 Å². The molecule has 5 heteroatoms. The van der Waals surface area contributed by atoms with Gasteiger partial charge in [0.05, 0.1) is 0 Å². The number of nitrogens with two attached hydrogens (primary N) is 1. The number of amides is 1. The lowest BCUT2D eigenvalue weighted by Crippen LogP contribution is -2.45. The highest BCUT2D eigenvalue weighted by Gasteiger charge is 2.23. The first-order chi connectivity index (χ1) is 7.90. The van der Waals surface area contributed by atoms with Crippen LogP contribution in [0, 0.1) is 0 Å². The predicted octanol–water partition coefficient (Wildman–Crippen LogP) is 0.934. The van der Waals surface area contributed by atoms with E-state index in [1.807, 2.05) is 20.8 Å². The van der Waals surface area contributed by atoms with Crippen molar-refractivity contribution in [1.29, 1.82) is 0 Å². The molecule has 0 aromatic rings. The third-order valence-corrected chi connectivity index (χ3v) is 2.73. The van der Waals surface area contributed by atoms with Crippen molar-refractivity contribution in [1.82, 2.24) is 10.2 Å². The lowest BCUT2D eigenvalue weighted by Gasteiger charge is -2.32. The van der Waals surface area contributed by atoms with Crippen molar-refractivity contribution in [3.8, 4) is 0 Å². The summed E-state index contributed by atoms with van der Waals surface area (Å²) in [5, 5.41) is 2.81. The summed E-state index contributed by atoms with van der Waals surface area (Å²) in [4.78, 5) is 13.9. The molecule has 0 aromatic carbocycles. The molecule has 1 fully saturated rings. The van der Waals surface area contributed by atoms with Crippen LogP contribution in [0.1, 0.15) is 33.6 Å². The molecule has 0 aromatic heterocycles. The van der Waals surface area contributed by atoms with Crippen LogP contribution in [0.5, 0.6) is 0 Å². The number of ether oxygens (including phenoxy) is 1. The molecule has 0 radical (unpaired) electrons. The van der Waals surface area contributed by atoms with Gasteiger partial charge in [-0.3, -0.25) is 0 Å². The number of likely N-dealkylation sites (tertiary alicyclic amines) is 1. The maximum Gasteiger partial charge on any atom is 0.407 e. The second kappa shape index (κ2) is 6.21. The number of nitrogens with zero attached hydrogens (tertiary/aromatic N) is 1. The van der Waals surface area contributed by atoms with Gasteiger partial charge in [0, 0.05) is 31.7 Å². The molecule has 0 aliphatic carbocycles. The molecular formula is C12H25N3O2. The number of hydrogen-bond donors (Lipinski definition) is 2. The van der Waals surface area contributed by atoms with E-state index in [1.54, 1.807) is 0 Å². The average molecular weight is 243 g/mol. The second-order valence-electron chi connectivity index (χ2n) is 5.61. The largest absolute Gasteiger partial charge is 0.446 e. The van der Waals surface area contributed by atoms with Gasteiger partial charge in [-0.15, -0.1) is 0 Å². The summed E-state index contributed by atoms with van der Waals surface area (Å²) < 4.78 is 5.39. The molecule has 1 aliphatic rings. The van der Waals surface area contributed by atoms with Crippen molar-refractivity contribution < 1.29 is 9.53 Å². The Bertz CT molecular complexity index is 243. The van der Waals surface area contributed by atoms with Crippen molar-refractivity contribution in [3.63, 3.8) is 0 Å². The smallest absolute Gasteiger partial charge is 0.407 e. The van der Waals surface area contributed by atoms with E-state index >= 15 is 0 Å². The van der Waals surface area contributed by atoms with Crippen LogP contribution in [-0.2, 0) is 4.74 Å². The molecule has 1 saturated heterocycles. The summed E-state index contributed by atoms with van der Waals surface area (Å²) in [5.74, 6) is 0. The fraction of sp³-hybridized carbons (Fsp3) is 0.917. The van der Waals surface area contributed by atoms with Gasteiger partial charge in [-0.05, 0) is 33.6 Å². The highest BCUT2D eigenvalue weighted by Crippen LogP contribution is 2.13. The molecule has 1 amide bonds. The Hall–Kier alpha value is -0.810. The number of rotatable bonds is 3. The Balaban J connectivity index is 2.24. The zero-order valence-corrected chi connectivity index (χ0v) is 11.2. The van der Waals surface area contributed by atoms with Gasteiger partial charge in [-0.1, -0.05) is 0 Å². The standard InChI is InChI=1S/C12H25N3O2/c1-12(2,3)14-11(16)17-10-4-7-15(8-5-10)9-6-13/h10H,4-9,13H2,1-3H3,(H,14,16). The molecular weight excluding hydrogens is 218 g/mol. The summed E-state index contributed by atoms with van der Waals surface area (Å²) in [6.45, 7) is 9.38. The van der Waals surface area contributed by atoms with Crippen molar-refractivity contribution in [2.75, 3.05) is 26.2 Å². The first-order valence-electron chi connectivity index (χ1n) is 6.32. The van der Waals surface area contributed by atoms with Crippen LogP contribution in [0.4, 0.5) is 4.79 Å². The number of hydrogen-bond acceptors (Lipinski definition) is 4. The van der Waals surface area contributed by atoms with E-state index in [1.165, 1.54) is 0 Å². The first kappa shape index (κ1) is 14.3. The predicted molar refractivity (Wildman–Crippen MR) is 67.9 cm³/mol. The number of piperidine rings is 1. The van der Waals surface area contributed by atoms with Gasteiger partial charge in [-0.2, -0.15) is 0 Å². The lowest BCUT2D eigenvalue weighted by atomic mass is 10.1.